The van der Waals surface area contributed by atoms with Crippen LogP contribution in [0.25, 0.3) is 0 Å². The maximum Gasteiger partial charge on any atom is 0.310 e. The van der Waals surface area contributed by atoms with E-state index in [1.165, 1.54) is 0 Å². The van der Waals surface area contributed by atoms with Crippen molar-refractivity contribution in [3.63, 3.8) is 0 Å². The molecule has 2 aromatic carbocycles. The van der Waals surface area contributed by atoms with Gasteiger partial charge in [0.25, 0.3) is 0 Å². The monoisotopic (exact) mass is 366 g/mol. The van der Waals surface area contributed by atoms with E-state index >= 15 is 0 Å². The number of anilines is 1. The van der Waals surface area contributed by atoms with Gasteiger partial charge in [0.2, 0.25) is 5.91 Å². The lowest BCUT2D eigenvalue weighted by Gasteiger charge is -2.20. The molecule has 0 aromatic heterocycles. The maximum absolute atomic E-state index is 12.7. The SMILES string of the molecule is CC1(C(=O)O)CCN(CC(=O)Nc2ccccc2C(=O)c2ccccc2)C1. The number of nitrogens with zero attached hydrogens (tertiary/aromatic N) is 1. The molecule has 1 aliphatic rings. The first-order valence-corrected chi connectivity index (χ1v) is 8.83. The number of carbonyl (C=O) groups excluding carboxylic acids is 2. The van der Waals surface area contributed by atoms with E-state index in [1.54, 1.807) is 55.5 Å². The van der Waals surface area contributed by atoms with Crippen molar-refractivity contribution in [2.45, 2.75) is 13.3 Å². The fraction of sp³-hybridized carbons (Fsp3) is 0.286. The van der Waals surface area contributed by atoms with Crippen molar-refractivity contribution >= 4 is 23.3 Å². The summed E-state index contributed by atoms with van der Waals surface area (Å²) in [4.78, 5) is 38.3. The number of carboxylic acids is 1. The molecule has 1 heterocycles. The van der Waals surface area contributed by atoms with Crippen LogP contribution >= 0.6 is 0 Å². The highest BCUT2D eigenvalue weighted by atomic mass is 16.4. The van der Waals surface area contributed by atoms with Crippen LogP contribution in [0, 0.1) is 5.41 Å². The van der Waals surface area contributed by atoms with Crippen LogP contribution < -0.4 is 5.32 Å². The van der Waals surface area contributed by atoms with E-state index in [0.29, 0.717) is 36.3 Å². The third-order valence-corrected chi connectivity index (χ3v) is 4.92. The smallest absolute Gasteiger partial charge is 0.310 e. The van der Waals surface area contributed by atoms with E-state index in [2.05, 4.69) is 5.32 Å². The van der Waals surface area contributed by atoms with E-state index in [4.69, 9.17) is 0 Å². The predicted molar refractivity (Wildman–Crippen MR) is 102 cm³/mol. The highest BCUT2D eigenvalue weighted by Gasteiger charge is 2.40. The van der Waals surface area contributed by atoms with Gasteiger partial charge in [-0.2, -0.15) is 0 Å². The molecule has 27 heavy (non-hydrogen) atoms. The Hall–Kier alpha value is -2.99. The van der Waals surface area contributed by atoms with Crippen LogP contribution in [-0.2, 0) is 9.59 Å². The van der Waals surface area contributed by atoms with Crippen LogP contribution in [0.4, 0.5) is 5.69 Å². The quantitative estimate of drug-likeness (QED) is 0.768. The third kappa shape index (κ3) is 4.23. The average molecular weight is 366 g/mol. The molecular weight excluding hydrogens is 344 g/mol. The Balaban J connectivity index is 1.69. The molecule has 1 saturated heterocycles. The standard InChI is InChI=1S/C21H22N2O4/c1-21(20(26)27)11-12-23(14-21)13-18(24)22-17-10-6-5-9-16(17)19(25)15-7-3-2-4-8-15/h2-10H,11-14H2,1H3,(H,22,24)(H,26,27). The second kappa shape index (κ2) is 7.72. The number of nitrogens with one attached hydrogen (secondary N) is 1. The molecule has 1 aliphatic heterocycles. The van der Waals surface area contributed by atoms with E-state index < -0.39 is 11.4 Å². The van der Waals surface area contributed by atoms with Crippen LogP contribution in [0.1, 0.15) is 29.3 Å². The number of benzene rings is 2. The van der Waals surface area contributed by atoms with Crippen molar-refractivity contribution in [1.82, 2.24) is 4.90 Å². The Morgan fingerprint density at radius 1 is 1.07 bits per heavy atom. The van der Waals surface area contributed by atoms with Gasteiger partial charge in [-0.05, 0) is 32.0 Å². The summed E-state index contributed by atoms with van der Waals surface area (Å²) in [5.41, 5.74) is 0.614. The molecule has 1 amide bonds. The highest BCUT2D eigenvalue weighted by molar-refractivity contribution is 6.13. The minimum atomic E-state index is -0.843. The van der Waals surface area contributed by atoms with Gasteiger partial charge in [0.1, 0.15) is 0 Å². The summed E-state index contributed by atoms with van der Waals surface area (Å²) in [5.74, 6) is -1.27. The number of carboxylic acid groups (broad SMARTS) is 1. The van der Waals surface area contributed by atoms with E-state index in [1.807, 2.05) is 11.0 Å². The molecule has 6 heteroatoms. The summed E-state index contributed by atoms with van der Waals surface area (Å²) in [6.45, 7) is 2.68. The van der Waals surface area contributed by atoms with Crippen molar-refractivity contribution in [2.75, 3.05) is 25.0 Å². The fourth-order valence-corrected chi connectivity index (χ4v) is 3.29. The second-order valence-electron chi connectivity index (χ2n) is 7.12. The first-order chi connectivity index (χ1) is 12.9. The van der Waals surface area contributed by atoms with Gasteiger partial charge in [-0.15, -0.1) is 0 Å². The number of para-hydroxylation sites is 1. The fourth-order valence-electron chi connectivity index (χ4n) is 3.29. The minimum Gasteiger partial charge on any atom is -0.481 e. The normalized spacial score (nSPS) is 19.6. The molecule has 1 atom stereocenters. The van der Waals surface area contributed by atoms with Crippen LogP contribution in [-0.4, -0.2) is 47.3 Å². The second-order valence-corrected chi connectivity index (χ2v) is 7.12. The molecule has 0 bridgehead atoms. The number of hydrogen-bond acceptors (Lipinski definition) is 4. The van der Waals surface area contributed by atoms with E-state index in [0.717, 1.165) is 0 Å². The van der Waals surface area contributed by atoms with Gasteiger partial charge in [0, 0.05) is 17.7 Å². The number of hydrogen-bond donors (Lipinski definition) is 2. The Kier molecular flexibility index (Phi) is 5.37. The summed E-state index contributed by atoms with van der Waals surface area (Å²) < 4.78 is 0. The molecule has 3 rings (SSSR count). The number of rotatable bonds is 6. The number of carbonyl (C=O) groups is 3. The largest absolute Gasteiger partial charge is 0.481 e. The van der Waals surface area contributed by atoms with Crippen molar-refractivity contribution in [1.29, 1.82) is 0 Å². The van der Waals surface area contributed by atoms with Crippen molar-refractivity contribution < 1.29 is 19.5 Å². The molecule has 0 spiro atoms. The molecular formula is C21H22N2O4. The molecule has 6 nitrogen and oxygen atoms in total. The first kappa shape index (κ1) is 18.8. The number of ketones is 1. The van der Waals surface area contributed by atoms with Gasteiger partial charge in [0.15, 0.2) is 5.78 Å². The zero-order valence-electron chi connectivity index (χ0n) is 15.1. The van der Waals surface area contributed by atoms with Gasteiger partial charge in [-0.25, -0.2) is 0 Å². The van der Waals surface area contributed by atoms with Crippen LogP contribution in [0.15, 0.2) is 54.6 Å². The van der Waals surface area contributed by atoms with Gasteiger partial charge in [0.05, 0.1) is 17.6 Å². The summed E-state index contributed by atoms with van der Waals surface area (Å²) in [6.07, 6.45) is 0.513. The van der Waals surface area contributed by atoms with E-state index in [9.17, 15) is 19.5 Å². The Morgan fingerprint density at radius 2 is 1.74 bits per heavy atom. The van der Waals surface area contributed by atoms with Gasteiger partial charge < -0.3 is 10.4 Å². The van der Waals surface area contributed by atoms with Crippen LogP contribution in [0.5, 0.6) is 0 Å². The summed E-state index contributed by atoms with van der Waals surface area (Å²) in [5, 5.41) is 12.1. The highest BCUT2D eigenvalue weighted by Crippen LogP contribution is 2.30. The molecule has 0 saturated carbocycles. The van der Waals surface area contributed by atoms with Crippen molar-refractivity contribution in [3.8, 4) is 0 Å². The Morgan fingerprint density at radius 3 is 2.41 bits per heavy atom. The van der Waals surface area contributed by atoms with E-state index in [-0.39, 0.29) is 18.2 Å². The zero-order chi connectivity index (χ0) is 19.4. The summed E-state index contributed by atoms with van der Waals surface area (Å²) in [6, 6.07) is 15.8. The topological polar surface area (TPSA) is 86.7 Å². The van der Waals surface area contributed by atoms with Gasteiger partial charge in [-0.3, -0.25) is 19.3 Å². The van der Waals surface area contributed by atoms with Crippen molar-refractivity contribution in [3.05, 3.63) is 65.7 Å². The average Bonchev–Trinajstić information content (AvgIpc) is 3.04. The molecule has 2 N–H and O–H groups in total. The van der Waals surface area contributed by atoms with Crippen molar-refractivity contribution in [2.24, 2.45) is 5.41 Å². The molecule has 2 aromatic rings. The third-order valence-electron chi connectivity index (χ3n) is 4.92. The lowest BCUT2D eigenvalue weighted by Crippen LogP contribution is -2.36. The lowest BCUT2D eigenvalue weighted by molar-refractivity contribution is -0.147. The minimum absolute atomic E-state index is 0.0940. The number of likely N-dealkylation sites (tertiary alicyclic amines) is 1. The first-order valence-electron chi connectivity index (χ1n) is 8.83. The van der Waals surface area contributed by atoms with Crippen LogP contribution in [0.3, 0.4) is 0 Å². The number of amides is 1. The van der Waals surface area contributed by atoms with Gasteiger partial charge >= 0.3 is 5.97 Å². The summed E-state index contributed by atoms with van der Waals surface area (Å²) >= 11 is 0. The molecule has 0 radical (unpaired) electrons. The predicted octanol–water partition coefficient (Wildman–Crippen LogP) is 2.65. The molecule has 1 fully saturated rings. The summed E-state index contributed by atoms with van der Waals surface area (Å²) in [7, 11) is 0. The number of aliphatic carboxylic acids is 1. The maximum atomic E-state index is 12.7. The Labute approximate surface area is 157 Å². The molecule has 140 valence electrons. The van der Waals surface area contributed by atoms with Gasteiger partial charge in [-0.1, -0.05) is 42.5 Å². The lowest BCUT2D eigenvalue weighted by atomic mass is 9.90. The zero-order valence-corrected chi connectivity index (χ0v) is 15.1. The Bertz CT molecular complexity index is 865. The molecule has 1 unspecified atom stereocenters. The molecule has 0 aliphatic carbocycles. The van der Waals surface area contributed by atoms with Crippen LogP contribution in [0.2, 0.25) is 0 Å².